The van der Waals surface area contributed by atoms with Crippen molar-refractivity contribution in [3.05, 3.63) is 58.1 Å². The molecule has 2 aromatic carbocycles. The minimum atomic E-state index is -3.61. The summed E-state index contributed by atoms with van der Waals surface area (Å²) >= 11 is 3.37. The second-order valence-electron chi connectivity index (χ2n) is 5.33. The molecule has 0 aliphatic heterocycles. The van der Waals surface area contributed by atoms with E-state index in [1.54, 1.807) is 6.07 Å². The number of nitrogens with one attached hydrogen (secondary N) is 2. The van der Waals surface area contributed by atoms with E-state index in [1.165, 1.54) is 31.4 Å². The van der Waals surface area contributed by atoms with Gasteiger partial charge in [-0.15, -0.1) is 0 Å². The van der Waals surface area contributed by atoms with E-state index in [0.717, 1.165) is 10.0 Å². The Morgan fingerprint density at radius 3 is 2.44 bits per heavy atom. The van der Waals surface area contributed by atoms with Crippen LogP contribution in [0.3, 0.4) is 0 Å². The van der Waals surface area contributed by atoms with E-state index in [2.05, 4.69) is 26.0 Å². The summed E-state index contributed by atoms with van der Waals surface area (Å²) in [5.41, 5.74) is 1.99. The summed E-state index contributed by atoms with van der Waals surface area (Å²) in [6.07, 6.45) is 0. The predicted octanol–water partition coefficient (Wildman–Crippen LogP) is 2.93. The first kappa shape index (κ1) is 19.6. The maximum Gasteiger partial charge on any atom is 0.255 e. The molecule has 0 aromatic heterocycles. The van der Waals surface area contributed by atoms with Crippen LogP contribution in [0.15, 0.2) is 51.8 Å². The van der Waals surface area contributed by atoms with E-state index in [-0.39, 0.29) is 24.0 Å². The molecule has 0 unspecified atom stereocenters. The first-order chi connectivity index (χ1) is 11.8. The highest BCUT2D eigenvalue weighted by Gasteiger charge is 2.15. The van der Waals surface area contributed by atoms with Crippen LogP contribution in [0.2, 0.25) is 0 Å². The Kier molecular flexibility index (Phi) is 6.71. The fraction of sp³-hybridized carbons (Fsp3) is 0.235. The number of hydrogen-bond acceptors (Lipinski definition) is 4. The summed E-state index contributed by atoms with van der Waals surface area (Å²) in [6, 6.07) is 11.3. The van der Waals surface area contributed by atoms with E-state index in [1.807, 2.05) is 19.1 Å². The maximum atomic E-state index is 12.3. The Morgan fingerprint density at radius 1 is 1.16 bits per heavy atom. The smallest absolute Gasteiger partial charge is 0.255 e. The summed E-state index contributed by atoms with van der Waals surface area (Å²) in [6.45, 7) is 2.36. The monoisotopic (exact) mass is 426 g/mol. The number of hydrogen-bond donors (Lipinski definition) is 2. The second-order valence-corrected chi connectivity index (χ2v) is 8.01. The lowest BCUT2D eigenvalue weighted by atomic mass is 10.1. The summed E-state index contributed by atoms with van der Waals surface area (Å²) < 4.78 is 32.3. The van der Waals surface area contributed by atoms with Gasteiger partial charge in [0.25, 0.3) is 5.91 Å². The van der Waals surface area contributed by atoms with E-state index in [4.69, 9.17) is 4.74 Å². The van der Waals surface area contributed by atoms with Crippen molar-refractivity contribution in [2.75, 3.05) is 25.6 Å². The van der Waals surface area contributed by atoms with Gasteiger partial charge in [0.05, 0.1) is 11.5 Å². The van der Waals surface area contributed by atoms with Crippen molar-refractivity contribution in [1.29, 1.82) is 0 Å². The molecule has 0 saturated heterocycles. The molecule has 0 bridgehead atoms. The lowest BCUT2D eigenvalue weighted by Gasteiger charge is -2.10. The van der Waals surface area contributed by atoms with Crippen LogP contribution in [0.1, 0.15) is 15.9 Å². The zero-order valence-electron chi connectivity index (χ0n) is 13.9. The van der Waals surface area contributed by atoms with Gasteiger partial charge in [0, 0.05) is 29.4 Å². The van der Waals surface area contributed by atoms with Gasteiger partial charge >= 0.3 is 0 Å². The predicted molar refractivity (Wildman–Crippen MR) is 100 cm³/mol. The zero-order valence-corrected chi connectivity index (χ0v) is 16.3. The van der Waals surface area contributed by atoms with Gasteiger partial charge in [0.15, 0.2) is 0 Å². The van der Waals surface area contributed by atoms with Gasteiger partial charge in [-0.3, -0.25) is 4.79 Å². The van der Waals surface area contributed by atoms with Crippen LogP contribution in [0, 0.1) is 6.92 Å². The van der Waals surface area contributed by atoms with E-state index in [0.29, 0.717) is 11.3 Å². The topological polar surface area (TPSA) is 84.5 Å². The van der Waals surface area contributed by atoms with Crippen molar-refractivity contribution < 1.29 is 17.9 Å². The number of rotatable bonds is 7. The molecule has 8 heteroatoms. The van der Waals surface area contributed by atoms with E-state index < -0.39 is 10.0 Å². The Morgan fingerprint density at radius 2 is 1.84 bits per heavy atom. The zero-order chi connectivity index (χ0) is 18.4. The lowest BCUT2D eigenvalue weighted by Crippen LogP contribution is -2.27. The Bertz CT molecular complexity index is 851. The maximum absolute atomic E-state index is 12.3. The standard InChI is InChI=1S/C17H19BrN2O4S/c1-12-11-14(18)5-8-16(12)20-17(21)13-3-6-15(7-4-13)25(22,23)19-9-10-24-2/h3-8,11,19H,9-10H2,1-2H3,(H,20,21). The summed E-state index contributed by atoms with van der Waals surface area (Å²) in [4.78, 5) is 12.4. The molecule has 0 radical (unpaired) electrons. The lowest BCUT2D eigenvalue weighted by molar-refractivity contribution is 0.102. The van der Waals surface area contributed by atoms with Crippen LogP contribution < -0.4 is 10.0 Å². The third-order valence-corrected chi connectivity index (χ3v) is 5.43. The Hall–Kier alpha value is -1.74. The number of benzene rings is 2. The van der Waals surface area contributed by atoms with Crippen LogP contribution in [0.25, 0.3) is 0 Å². The average molecular weight is 427 g/mol. The second kappa shape index (κ2) is 8.57. The summed E-state index contributed by atoms with van der Waals surface area (Å²) in [7, 11) is -2.12. The van der Waals surface area contributed by atoms with Crippen molar-refractivity contribution in [2.45, 2.75) is 11.8 Å². The third kappa shape index (κ3) is 5.37. The van der Waals surface area contributed by atoms with Crippen molar-refractivity contribution in [1.82, 2.24) is 4.72 Å². The van der Waals surface area contributed by atoms with Crippen molar-refractivity contribution in [2.24, 2.45) is 0 Å². The van der Waals surface area contributed by atoms with Crippen LogP contribution in [-0.2, 0) is 14.8 Å². The molecule has 2 rings (SSSR count). The molecule has 1 amide bonds. The van der Waals surface area contributed by atoms with Gasteiger partial charge in [-0.05, 0) is 55.0 Å². The van der Waals surface area contributed by atoms with Gasteiger partial charge in [-0.2, -0.15) is 0 Å². The molecular weight excluding hydrogens is 408 g/mol. The summed E-state index contributed by atoms with van der Waals surface area (Å²) in [5.74, 6) is -0.304. The largest absolute Gasteiger partial charge is 0.383 e. The van der Waals surface area contributed by atoms with Gasteiger partial charge in [-0.1, -0.05) is 15.9 Å². The normalized spacial score (nSPS) is 11.3. The molecule has 0 aliphatic carbocycles. The summed E-state index contributed by atoms with van der Waals surface area (Å²) in [5, 5.41) is 2.81. The van der Waals surface area contributed by atoms with Gasteiger partial charge in [0.1, 0.15) is 0 Å². The molecule has 0 atom stereocenters. The molecule has 0 aliphatic rings. The minimum Gasteiger partial charge on any atom is -0.383 e. The quantitative estimate of drug-likeness (QED) is 0.666. The van der Waals surface area contributed by atoms with Crippen LogP contribution >= 0.6 is 15.9 Å². The SMILES string of the molecule is COCCNS(=O)(=O)c1ccc(C(=O)Nc2ccc(Br)cc2C)cc1. The molecule has 6 nitrogen and oxygen atoms in total. The molecule has 2 aromatic rings. The number of ether oxygens (including phenoxy) is 1. The highest BCUT2D eigenvalue weighted by molar-refractivity contribution is 9.10. The fourth-order valence-electron chi connectivity index (χ4n) is 2.11. The van der Waals surface area contributed by atoms with Gasteiger partial charge in [0.2, 0.25) is 10.0 Å². The van der Waals surface area contributed by atoms with Crippen molar-refractivity contribution >= 4 is 37.5 Å². The fourth-order valence-corrected chi connectivity index (χ4v) is 3.60. The number of carbonyl (C=O) groups is 1. The number of methoxy groups -OCH3 is 1. The van der Waals surface area contributed by atoms with Crippen LogP contribution in [0.4, 0.5) is 5.69 Å². The molecule has 25 heavy (non-hydrogen) atoms. The van der Waals surface area contributed by atoms with Gasteiger partial charge < -0.3 is 10.1 Å². The molecule has 0 spiro atoms. The highest BCUT2D eigenvalue weighted by Crippen LogP contribution is 2.21. The molecule has 0 heterocycles. The van der Waals surface area contributed by atoms with Crippen LogP contribution in [0.5, 0.6) is 0 Å². The Balaban J connectivity index is 2.09. The molecular formula is C17H19BrN2O4S. The third-order valence-electron chi connectivity index (χ3n) is 3.46. The molecule has 0 saturated carbocycles. The first-order valence-corrected chi connectivity index (χ1v) is 9.77. The molecule has 134 valence electrons. The number of amides is 1. The van der Waals surface area contributed by atoms with Crippen LogP contribution in [-0.4, -0.2) is 34.6 Å². The van der Waals surface area contributed by atoms with Crippen molar-refractivity contribution in [3.8, 4) is 0 Å². The van der Waals surface area contributed by atoms with E-state index in [9.17, 15) is 13.2 Å². The number of anilines is 1. The van der Waals surface area contributed by atoms with E-state index >= 15 is 0 Å². The van der Waals surface area contributed by atoms with Gasteiger partial charge in [-0.25, -0.2) is 13.1 Å². The highest BCUT2D eigenvalue weighted by atomic mass is 79.9. The molecule has 2 N–H and O–H groups in total. The Labute approximate surface area is 155 Å². The molecule has 0 fully saturated rings. The minimum absolute atomic E-state index is 0.0972. The number of aryl methyl sites for hydroxylation is 1. The number of halogens is 1. The number of sulfonamides is 1. The number of carbonyl (C=O) groups excluding carboxylic acids is 1. The van der Waals surface area contributed by atoms with Crippen molar-refractivity contribution in [3.63, 3.8) is 0 Å². The first-order valence-electron chi connectivity index (χ1n) is 7.49. The average Bonchev–Trinajstić information content (AvgIpc) is 2.57.